The zero-order valence-electron chi connectivity index (χ0n) is 11.7. The van der Waals surface area contributed by atoms with Crippen molar-refractivity contribution in [3.8, 4) is 5.75 Å². The summed E-state index contributed by atoms with van der Waals surface area (Å²) in [5, 5.41) is 0. The third-order valence-electron chi connectivity index (χ3n) is 3.65. The Kier molecular flexibility index (Phi) is 4.16. The largest absolute Gasteiger partial charge is 0.491 e. The molecule has 0 aliphatic carbocycles. The summed E-state index contributed by atoms with van der Waals surface area (Å²) in [6, 6.07) is 14.3. The SMILES string of the molecule is c1ccc(CCOc2ccccc2N2CCCC2)nc1. The van der Waals surface area contributed by atoms with E-state index < -0.39 is 0 Å². The van der Waals surface area contributed by atoms with E-state index in [0.29, 0.717) is 6.61 Å². The zero-order chi connectivity index (χ0) is 13.6. The molecule has 104 valence electrons. The molecule has 0 amide bonds. The number of benzene rings is 1. The number of para-hydroxylation sites is 2. The van der Waals surface area contributed by atoms with Crippen molar-refractivity contribution < 1.29 is 4.74 Å². The van der Waals surface area contributed by atoms with Gasteiger partial charge >= 0.3 is 0 Å². The summed E-state index contributed by atoms with van der Waals surface area (Å²) < 4.78 is 5.97. The summed E-state index contributed by atoms with van der Waals surface area (Å²) in [6.45, 7) is 2.95. The lowest BCUT2D eigenvalue weighted by atomic mass is 10.2. The first-order valence-electron chi connectivity index (χ1n) is 7.30. The van der Waals surface area contributed by atoms with Crippen LogP contribution in [0.15, 0.2) is 48.7 Å². The minimum atomic E-state index is 0.669. The summed E-state index contributed by atoms with van der Waals surface area (Å²) in [5.74, 6) is 0.991. The number of rotatable bonds is 5. The first-order valence-corrected chi connectivity index (χ1v) is 7.30. The molecule has 1 aromatic carbocycles. The molecular formula is C17H20N2O. The van der Waals surface area contributed by atoms with Crippen LogP contribution < -0.4 is 9.64 Å². The summed E-state index contributed by atoms with van der Waals surface area (Å²) in [5.41, 5.74) is 2.30. The van der Waals surface area contributed by atoms with Gasteiger partial charge in [-0.3, -0.25) is 4.98 Å². The van der Waals surface area contributed by atoms with Crippen molar-refractivity contribution in [3.05, 3.63) is 54.4 Å². The highest BCUT2D eigenvalue weighted by Gasteiger charge is 2.15. The molecule has 3 rings (SSSR count). The number of hydrogen-bond acceptors (Lipinski definition) is 3. The van der Waals surface area contributed by atoms with Gasteiger partial charge in [-0.2, -0.15) is 0 Å². The summed E-state index contributed by atoms with van der Waals surface area (Å²) in [7, 11) is 0. The molecular weight excluding hydrogens is 248 g/mol. The quantitative estimate of drug-likeness (QED) is 0.832. The van der Waals surface area contributed by atoms with Gasteiger partial charge in [0.1, 0.15) is 5.75 Å². The van der Waals surface area contributed by atoms with E-state index in [1.807, 2.05) is 30.5 Å². The van der Waals surface area contributed by atoms with Gasteiger partial charge in [0.15, 0.2) is 0 Å². The van der Waals surface area contributed by atoms with Gasteiger partial charge in [0.25, 0.3) is 0 Å². The summed E-state index contributed by atoms with van der Waals surface area (Å²) in [4.78, 5) is 6.73. The Morgan fingerprint density at radius 1 is 1.00 bits per heavy atom. The second-order valence-corrected chi connectivity index (χ2v) is 5.08. The standard InChI is InChI=1S/C17H20N2O/c1-2-9-17(16(8-1)19-12-5-6-13-19)20-14-10-15-7-3-4-11-18-15/h1-4,7-9,11H,5-6,10,12-14H2. The first kappa shape index (κ1) is 13.0. The molecule has 3 heteroatoms. The molecule has 2 aromatic rings. The lowest BCUT2D eigenvalue weighted by Crippen LogP contribution is -2.18. The fourth-order valence-corrected chi connectivity index (χ4v) is 2.61. The molecule has 0 atom stereocenters. The Balaban J connectivity index is 1.62. The fourth-order valence-electron chi connectivity index (χ4n) is 2.61. The minimum absolute atomic E-state index is 0.669. The van der Waals surface area contributed by atoms with E-state index in [2.05, 4.69) is 28.1 Å². The molecule has 3 nitrogen and oxygen atoms in total. The highest BCUT2D eigenvalue weighted by Crippen LogP contribution is 2.30. The minimum Gasteiger partial charge on any atom is -0.491 e. The first-order chi connectivity index (χ1) is 9.93. The van der Waals surface area contributed by atoms with Gasteiger partial charge in [-0.1, -0.05) is 18.2 Å². The molecule has 1 aliphatic rings. The van der Waals surface area contributed by atoms with Crippen LogP contribution in [0.2, 0.25) is 0 Å². The Labute approximate surface area is 120 Å². The van der Waals surface area contributed by atoms with Gasteiger partial charge < -0.3 is 9.64 Å². The number of hydrogen-bond donors (Lipinski definition) is 0. The van der Waals surface area contributed by atoms with Crippen LogP contribution in [0, 0.1) is 0 Å². The van der Waals surface area contributed by atoms with Gasteiger partial charge in [0, 0.05) is 31.4 Å². The van der Waals surface area contributed by atoms with Crippen LogP contribution in [-0.4, -0.2) is 24.7 Å². The predicted molar refractivity (Wildman–Crippen MR) is 81.3 cm³/mol. The number of anilines is 1. The summed E-state index contributed by atoms with van der Waals surface area (Å²) >= 11 is 0. The maximum absolute atomic E-state index is 5.97. The average molecular weight is 268 g/mol. The van der Waals surface area contributed by atoms with Crippen molar-refractivity contribution in [3.63, 3.8) is 0 Å². The molecule has 0 N–H and O–H groups in total. The average Bonchev–Trinajstić information content (AvgIpc) is 3.03. The number of aromatic nitrogens is 1. The third-order valence-corrected chi connectivity index (χ3v) is 3.65. The monoisotopic (exact) mass is 268 g/mol. The molecule has 0 radical (unpaired) electrons. The second-order valence-electron chi connectivity index (χ2n) is 5.08. The van der Waals surface area contributed by atoms with Crippen molar-refractivity contribution in [1.29, 1.82) is 0 Å². The van der Waals surface area contributed by atoms with Crippen molar-refractivity contribution in [2.45, 2.75) is 19.3 Å². The summed E-state index contributed by atoms with van der Waals surface area (Å²) in [6.07, 6.45) is 5.23. The molecule has 1 aliphatic heterocycles. The van der Waals surface area contributed by atoms with Crippen molar-refractivity contribution >= 4 is 5.69 Å². The molecule has 0 saturated carbocycles. The van der Waals surface area contributed by atoms with Crippen molar-refractivity contribution in [2.75, 3.05) is 24.6 Å². The van der Waals surface area contributed by atoms with Crippen molar-refractivity contribution in [1.82, 2.24) is 4.98 Å². The molecule has 0 unspecified atom stereocenters. The maximum Gasteiger partial charge on any atom is 0.142 e. The molecule has 1 saturated heterocycles. The smallest absolute Gasteiger partial charge is 0.142 e. The highest BCUT2D eigenvalue weighted by molar-refractivity contribution is 5.58. The van der Waals surface area contributed by atoms with Crippen molar-refractivity contribution in [2.24, 2.45) is 0 Å². The molecule has 0 spiro atoms. The van der Waals surface area contributed by atoms with Gasteiger partial charge in [0.2, 0.25) is 0 Å². The van der Waals surface area contributed by atoms with Crippen LogP contribution in [0.25, 0.3) is 0 Å². The molecule has 20 heavy (non-hydrogen) atoms. The van der Waals surface area contributed by atoms with Crippen LogP contribution in [0.4, 0.5) is 5.69 Å². The van der Waals surface area contributed by atoms with E-state index in [1.54, 1.807) is 0 Å². The van der Waals surface area contributed by atoms with Gasteiger partial charge in [-0.15, -0.1) is 0 Å². The van der Waals surface area contributed by atoms with E-state index in [9.17, 15) is 0 Å². The predicted octanol–water partition coefficient (Wildman–Crippen LogP) is 3.30. The lowest BCUT2D eigenvalue weighted by Gasteiger charge is -2.21. The van der Waals surface area contributed by atoms with Gasteiger partial charge in [-0.05, 0) is 37.1 Å². The van der Waals surface area contributed by atoms with Crippen LogP contribution >= 0.6 is 0 Å². The fraction of sp³-hybridized carbons (Fsp3) is 0.353. The van der Waals surface area contributed by atoms with Crippen LogP contribution in [0.5, 0.6) is 5.75 Å². The maximum atomic E-state index is 5.97. The highest BCUT2D eigenvalue weighted by atomic mass is 16.5. The normalized spacial score (nSPS) is 14.5. The van der Waals surface area contributed by atoms with E-state index in [4.69, 9.17) is 4.74 Å². The Morgan fingerprint density at radius 2 is 1.80 bits per heavy atom. The second kappa shape index (κ2) is 6.42. The van der Waals surface area contributed by atoms with E-state index in [0.717, 1.165) is 31.0 Å². The lowest BCUT2D eigenvalue weighted by molar-refractivity contribution is 0.321. The molecule has 0 bridgehead atoms. The van der Waals surface area contributed by atoms with E-state index in [-0.39, 0.29) is 0 Å². The Bertz CT molecular complexity index is 536. The molecule has 1 fully saturated rings. The zero-order valence-corrected chi connectivity index (χ0v) is 11.7. The van der Waals surface area contributed by atoms with Gasteiger partial charge in [0.05, 0.1) is 12.3 Å². The number of pyridine rings is 1. The number of ether oxygens (including phenoxy) is 1. The van der Waals surface area contributed by atoms with E-state index in [1.165, 1.54) is 18.5 Å². The number of nitrogens with zero attached hydrogens (tertiary/aromatic N) is 2. The molecule has 1 aromatic heterocycles. The third kappa shape index (κ3) is 3.10. The van der Waals surface area contributed by atoms with Crippen LogP contribution in [-0.2, 0) is 6.42 Å². The Morgan fingerprint density at radius 3 is 2.60 bits per heavy atom. The molecule has 2 heterocycles. The van der Waals surface area contributed by atoms with Crippen LogP contribution in [0.1, 0.15) is 18.5 Å². The van der Waals surface area contributed by atoms with E-state index >= 15 is 0 Å². The Hall–Kier alpha value is -2.03. The van der Waals surface area contributed by atoms with Gasteiger partial charge in [-0.25, -0.2) is 0 Å². The topological polar surface area (TPSA) is 25.4 Å². The van der Waals surface area contributed by atoms with Crippen LogP contribution in [0.3, 0.4) is 0 Å².